The number of nitrogens with one attached hydrogen (secondary N) is 1. The van der Waals surface area contributed by atoms with Crippen LogP contribution >= 0.6 is 33.9 Å². The topological polar surface area (TPSA) is 12.0 Å². The maximum Gasteiger partial charge on any atom is 0.0371 e. The molecule has 21 heavy (non-hydrogen) atoms. The maximum atomic E-state index is 3.64. The van der Waals surface area contributed by atoms with Crippen LogP contribution in [-0.2, 0) is 6.42 Å². The molecule has 1 N–H and O–H groups in total. The van der Waals surface area contributed by atoms with Crippen LogP contribution in [0.3, 0.4) is 0 Å². The molecule has 0 fully saturated rings. The molecule has 0 aliphatic carbocycles. The molecule has 0 aliphatic rings. The largest absolute Gasteiger partial charge is 0.310 e. The second-order valence-corrected chi connectivity index (χ2v) is 7.17. The predicted octanol–water partition coefficient (Wildman–Crippen LogP) is 5.40. The van der Waals surface area contributed by atoms with E-state index in [1.54, 1.807) is 0 Å². The smallest absolute Gasteiger partial charge is 0.0371 e. The molecule has 0 radical (unpaired) electrons. The summed E-state index contributed by atoms with van der Waals surface area (Å²) in [6, 6.07) is 17.7. The molecule has 1 aromatic heterocycles. The van der Waals surface area contributed by atoms with Gasteiger partial charge in [-0.3, -0.25) is 0 Å². The summed E-state index contributed by atoms with van der Waals surface area (Å²) in [6.45, 7) is 3.16. The highest BCUT2D eigenvalue weighted by Gasteiger charge is 2.15. The highest BCUT2D eigenvalue weighted by atomic mass is 127. The molecule has 0 aliphatic heterocycles. The summed E-state index contributed by atoms with van der Waals surface area (Å²) < 4.78 is 2.71. The lowest BCUT2D eigenvalue weighted by Gasteiger charge is -2.19. The number of likely N-dealkylation sites (N-methyl/N-ethyl adjacent to an activating group) is 1. The lowest BCUT2D eigenvalue weighted by atomic mass is 9.98. The molecule has 1 atom stereocenters. The minimum Gasteiger partial charge on any atom is -0.310 e. The quantitative estimate of drug-likeness (QED) is 0.559. The van der Waals surface area contributed by atoms with Crippen molar-refractivity contribution in [2.75, 3.05) is 6.54 Å². The lowest BCUT2D eigenvalue weighted by molar-refractivity contribution is 0.549. The van der Waals surface area contributed by atoms with Crippen molar-refractivity contribution in [3.05, 3.63) is 68.6 Å². The van der Waals surface area contributed by atoms with Crippen LogP contribution in [0, 0.1) is 3.57 Å². The van der Waals surface area contributed by atoms with Crippen molar-refractivity contribution in [2.24, 2.45) is 0 Å². The summed E-state index contributed by atoms with van der Waals surface area (Å²) in [4.78, 5) is 0. The maximum absolute atomic E-state index is 3.64. The Morgan fingerprint density at radius 3 is 2.67 bits per heavy atom. The molecule has 0 saturated carbocycles. The van der Waals surface area contributed by atoms with Gasteiger partial charge < -0.3 is 5.32 Å². The van der Waals surface area contributed by atoms with Gasteiger partial charge in [-0.25, -0.2) is 0 Å². The molecule has 0 amide bonds. The average molecular weight is 407 g/mol. The van der Waals surface area contributed by atoms with Gasteiger partial charge in [0.05, 0.1) is 0 Å². The van der Waals surface area contributed by atoms with Gasteiger partial charge >= 0.3 is 0 Å². The van der Waals surface area contributed by atoms with Crippen LogP contribution in [0.2, 0.25) is 0 Å². The van der Waals surface area contributed by atoms with Crippen LogP contribution in [-0.4, -0.2) is 6.54 Å². The van der Waals surface area contributed by atoms with Crippen LogP contribution in [0.1, 0.15) is 24.1 Å². The van der Waals surface area contributed by atoms with Gasteiger partial charge in [-0.2, -0.15) is 0 Å². The molecule has 0 spiro atoms. The van der Waals surface area contributed by atoms with E-state index in [0.717, 1.165) is 13.0 Å². The van der Waals surface area contributed by atoms with Crippen molar-refractivity contribution in [3.63, 3.8) is 0 Å². The van der Waals surface area contributed by atoms with E-state index in [0.29, 0.717) is 6.04 Å². The fourth-order valence-corrected chi connectivity index (χ4v) is 4.45. The third kappa shape index (κ3) is 3.30. The van der Waals surface area contributed by atoms with Gasteiger partial charge in [0.2, 0.25) is 0 Å². The van der Waals surface area contributed by atoms with E-state index in [9.17, 15) is 0 Å². The van der Waals surface area contributed by atoms with Gasteiger partial charge in [0, 0.05) is 14.3 Å². The van der Waals surface area contributed by atoms with Crippen molar-refractivity contribution in [2.45, 2.75) is 19.4 Å². The first-order valence-electron chi connectivity index (χ1n) is 7.22. The summed E-state index contributed by atoms with van der Waals surface area (Å²) in [5.74, 6) is 0. The van der Waals surface area contributed by atoms with Crippen LogP contribution in [0.5, 0.6) is 0 Å². The lowest BCUT2D eigenvalue weighted by Crippen LogP contribution is -2.23. The molecule has 1 unspecified atom stereocenters. The fraction of sp³-hybridized carbons (Fsp3) is 0.222. The Morgan fingerprint density at radius 1 is 1.10 bits per heavy atom. The van der Waals surface area contributed by atoms with Gasteiger partial charge in [0.25, 0.3) is 0 Å². The Hall–Kier alpha value is -0.910. The van der Waals surface area contributed by atoms with E-state index in [1.165, 1.54) is 24.8 Å². The van der Waals surface area contributed by atoms with Gasteiger partial charge in [-0.05, 0) is 69.6 Å². The minimum absolute atomic E-state index is 0.376. The second kappa shape index (κ2) is 6.90. The summed E-state index contributed by atoms with van der Waals surface area (Å²) in [7, 11) is 0. The van der Waals surface area contributed by atoms with Crippen LogP contribution in [0.15, 0.2) is 53.9 Å². The Bertz CT molecular complexity index is 735. The van der Waals surface area contributed by atoms with Crippen molar-refractivity contribution >= 4 is 44.0 Å². The minimum atomic E-state index is 0.376. The third-order valence-corrected chi connectivity index (χ3v) is 5.71. The van der Waals surface area contributed by atoms with Crippen LogP contribution in [0.25, 0.3) is 10.1 Å². The van der Waals surface area contributed by atoms with Gasteiger partial charge in [0.1, 0.15) is 0 Å². The van der Waals surface area contributed by atoms with Gasteiger partial charge in [-0.15, -0.1) is 11.3 Å². The Balaban J connectivity index is 1.94. The van der Waals surface area contributed by atoms with E-state index < -0.39 is 0 Å². The Morgan fingerprint density at radius 2 is 1.86 bits per heavy atom. The number of rotatable bonds is 5. The number of benzene rings is 2. The van der Waals surface area contributed by atoms with Crippen molar-refractivity contribution < 1.29 is 0 Å². The molecule has 0 bridgehead atoms. The van der Waals surface area contributed by atoms with Crippen molar-refractivity contribution in [1.82, 2.24) is 5.32 Å². The molecule has 108 valence electrons. The highest BCUT2D eigenvalue weighted by Crippen LogP contribution is 2.30. The first-order valence-corrected chi connectivity index (χ1v) is 9.18. The SMILES string of the molecule is CCNC(Cc1csc2ccccc12)c1ccccc1I. The van der Waals surface area contributed by atoms with Crippen LogP contribution in [0.4, 0.5) is 0 Å². The molecule has 0 saturated heterocycles. The molecule has 3 rings (SSSR count). The Labute approximate surface area is 143 Å². The Kier molecular flexibility index (Phi) is 4.93. The van der Waals surface area contributed by atoms with Crippen molar-refractivity contribution in [1.29, 1.82) is 0 Å². The first-order chi connectivity index (χ1) is 10.3. The van der Waals surface area contributed by atoms with E-state index >= 15 is 0 Å². The van der Waals surface area contributed by atoms with Crippen molar-refractivity contribution in [3.8, 4) is 0 Å². The molecular weight excluding hydrogens is 389 g/mol. The number of halogens is 1. The first kappa shape index (κ1) is 15.0. The molecule has 2 aromatic carbocycles. The molecule has 1 nitrogen and oxygen atoms in total. The highest BCUT2D eigenvalue weighted by molar-refractivity contribution is 14.1. The molecule has 1 heterocycles. The standard InChI is InChI=1S/C18H18INS/c1-2-20-17(15-8-3-5-9-16(15)19)11-13-12-21-18-10-6-4-7-14(13)18/h3-10,12,17,20H,2,11H2,1H3. The summed E-state index contributed by atoms with van der Waals surface area (Å²) >= 11 is 4.28. The van der Waals surface area contributed by atoms with Gasteiger partial charge in [-0.1, -0.05) is 43.3 Å². The zero-order valence-corrected chi connectivity index (χ0v) is 14.9. The molecular formula is C18H18INS. The van der Waals surface area contributed by atoms with Crippen LogP contribution < -0.4 is 5.32 Å². The third-order valence-electron chi connectivity index (χ3n) is 3.72. The predicted molar refractivity (Wildman–Crippen MR) is 101 cm³/mol. The normalized spacial score (nSPS) is 12.7. The van der Waals surface area contributed by atoms with E-state index in [-0.39, 0.29) is 0 Å². The number of hydrogen-bond donors (Lipinski definition) is 1. The number of thiophene rings is 1. The molecule has 3 aromatic rings. The van der Waals surface area contributed by atoms with Gasteiger partial charge in [0.15, 0.2) is 0 Å². The fourth-order valence-electron chi connectivity index (χ4n) is 2.71. The average Bonchev–Trinajstić information content (AvgIpc) is 2.91. The zero-order valence-electron chi connectivity index (χ0n) is 12.0. The monoisotopic (exact) mass is 407 g/mol. The number of hydrogen-bond acceptors (Lipinski definition) is 2. The zero-order chi connectivity index (χ0) is 14.7. The van der Waals surface area contributed by atoms with E-state index in [4.69, 9.17) is 0 Å². The second-order valence-electron chi connectivity index (χ2n) is 5.09. The summed E-state index contributed by atoms with van der Waals surface area (Å²) in [5.41, 5.74) is 2.84. The van der Waals surface area contributed by atoms with E-state index in [1.807, 2.05) is 11.3 Å². The number of fused-ring (bicyclic) bond motifs is 1. The van der Waals surface area contributed by atoms with E-state index in [2.05, 4.69) is 88.7 Å². The summed E-state index contributed by atoms with van der Waals surface area (Å²) in [5, 5.41) is 7.35. The summed E-state index contributed by atoms with van der Waals surface area (Å²) in [6.07, 6.45) is 1.04. The molecule has 3 heteroatoms.